The molecule has 0 radical (unpaired) electrons. The molecule has 0 fully saturated rings. The summed E-state index contributed by atoms with van der Waals surface area (Å²) in [6.07, 6.45) is -0.724. The zero-order valence-electron chi connectivity index (χ0n) is 9.27. The summed E-state index contributed by atoms with van der Waals surface area (Å²) in [6, 6.07) is 4.53. The molecule has 0 amide bonds. The summed E-state index contributed by atoms with van der Waals surface area (Å²) in [7, 11) is -3.58. The molecule has 0 saturated heterocycles. The van der Waals surface area contributed by atoms with Gasteiger partial charge in [0.1, 0.15) is 0 Å². The van der Waals surface area contributed by atoms with Crippen molar-refractivity contribution in [3.8, 4) is 0 Å². The molecule has 0 aliphatic rings. The Hall–Kier alpha value is -1.11. The van der Waals surface area contributed by atoms with Gasteiger partial charge in [-0.3, -0.25) is 0 Å². The average molecular weight is 244 g/mol. The number of nitrogens with two attached hydrogens (primary N) is 1. The highest BCUT2D eigenvalue weighted by atomic mass is 32.2. The third kappa shape index (κ3) is 3.19. The van der Waals surface area contributed by atoms with Crippen molar-refractivity contribution >= 4 is 15.7 Å². The maximum Gasteiger partial charge on any atom is 0.240 e. The van der Waals surface area contributed by atoms with Crippen molar-refractivity contribution in [1.29, 1.82) is 0 Å². The van der Waals surface area contributed by atoms with Crippen LogP contribution in [0.1, 0.15) is 12.5 Å². The number of benzene rings is 1. The number of hydrogen-bond donors (Lipinski definition) is 3. The Morgan fingerprint density at radius 1 is 1.50 bits per heavy atom. The fourth-order valence-corrected chi connectivity index (χ4v) is 2.26. The second kappa shape index (κ2) is 4.82. The highest BCUT2D eigenvalue weighted by Crippen LogP contribution is 2.16. The summed E-state index contributed by atoms with van der Waals surface area (Å²) in [6.45, 7) is 3.29. The lowest BCUT2D eigenvalue weighted by Gasteiger charge is -2.09. The van der Waals surface area contributed by atoms with Gasteiger partial charge in [-0.05, 0) is 31.5 Å². The van der Waals surface area contributed by atoms with Gasteiger partial charge in [-0.1, -0.05) is 6.07 Å². The van der Waals surface area contributed by atoms with E-state index in [9.17, 15) is 8.42 Å². The van der Waals surface area contributed by atoms with Gasteiger partial charge in [0.25, 0.3) is 0 Å². The van der Waals surface area contributed by atoms with E-state index in [0.29, 0.717) is 5.69 Å². The molecule has 0 aliphatic carbocycles. The van der Waals surface area contributed by atoms with Crippen molar-refractivity contribution in [2.75, 3.05) is 12.3 Å². The lowest BCUT2D eigenvalue weighted by molar-refractivity contribution is 0.198. The SMILES string of the molecule is Cc1ccc(S(=O)(=O)NC[C@H](C)O)cc1N. The van der Waals surface area contributed by atoms with E-state index < -0.39 is 16.1 Å². The maximum absolute atomic E-state index is 11.7. The molecule has 0 aliphatic heterocycles. The number of rotatable bonds is 4. The van der Waals surface area contributed by atoms with E-state index in [2.05, 4.69) is 4.72 Å². The van der Waals surface area contributed by atoms with Gasteiger partial charge in [0.05, 0.1) is 11.0 Å². The Morgan fingerprint density at radius 3 is 2.62 bits per heavy atom. The van der Waals surface area contributed by atoms with Gasteiger partial charge in [-0.25, -0.2) is 13.1 Å². The van der Waals surface area contributed by atoms with Gasteiger partial charge in [-0.2, -0.15) is 0 Å². The predicted molar refractivity (Wildman–Crippen MR) is 62.5 cm³/mol. The van der Waals surface area contributed by atoms with Crippen LogP contribution >= 0.6 is 0 Å². The average Bonchev–Trinajstić information content (AvgIpc) is 2.19. The first-order chi connectivity index (χ1) is 7.33. The molecule has 0 unspecified atom stereocenters. The smallest absolute Gasteiger partial charge is 0.240 e. The Morgan fingerprint density at radius 2 is 2.12 bits per heavy atom. The number of nitrogens with one attached hydrogen (secondary N) is 1. The second-order valence-corrected chi connectivity index (χ2v) is 5.49. The van der Waals surface area contributed by atoms with Crippen LogP contribution < -0.4 is 10.5 Å². The first kappa shape index (κ1) is 13.0. The van der Waals surface area contributed by atoms with E-state index in [0.717, 1.165) is 5.56 Å². The molecular weight excluding hydrogens is 228 g/mol. The molecule has 4 N–H and O–H groups in total. The normalized spacial score (nSPS) is 13.7. The van der Waals surface area contributed by atoms with E-state index in [1.807, 2.05) is 0 Å². The highest BCUT2D eigenvalue weighted by Gasteiger charge is 2.14. The van der Waals surface area contributed by atoms with Gasteiger partial charge >= 0.3 is 0 Å². The van der Waals surface area contributed by atoms with E-state index in [4.69, 9.17) is 10.8 Å². The van der Waals surface area contributed by atoms with Gasteiger partial charge in [0.2, 0.25) is 10.0 Å². The van der Waals surface area contributed by atoms with Crippen molar-refractivity contribution in [3.05, 3.63) is 23.8 Å². The molecule has 6 heteroatoms. The van der Waals surface area contributed by atoms with E-state index in [-0.39, 0.29) is 11.4 Å². The third-order valence-electron chi connectivity index (χ3n) is 2.13. The summed E-state index contributed by atoms with van der Waals surface area (Å²) in [4.78, 5) is 0.108. The van der Waals surface area contributed by atoms with E-state index >= 15 is 0 Å². The molecule has 90 valence electrons. The topological polar surface area (TPSA) is 92.4 Å². The summed E-state index contributed by atoms with van der Waals surface area (Å²) in [5.74, 6) is 0. The molecule has 0 spiro atoms. The van der Waals surface area contributed by atoms with E-state index in [1.54, 1.807) is 13.0 Å². The van der Waals surface area contributed by atoms with Crippen LogP contribution in [0.3, 0.4) is 0 Å². The monoisotopic (exact) mass is 244 g/mol. The molecule has 1 rings (SSSR count). The van der Waals surface area contributed by atoms with Gasteiger partial charge in [0, 0.05) is 12.2 Å². The number of sulfonamides is 1. The van der Waals surface area contributed by atoms with Crippen LogP contribution in [0.25, 0.3) is 0 Å². The molecule has 5 nitrogen and oxygen atoms in total. The van der Waals surface area contributed by atoms with Crippen LogP contribution in [0.2, 0.25) is 0 Å². The number of anilines is 1. The largest absolute Gasteiger partial charge is 0.398 e. The quantitative estimate of drug-likeness (QED) is 0.661. The van der Waals surface area contributed by atoms with Crippen molar-refractivity contribution < 1.29 is 13.5 Å². The fourth-order valence-electron chi connectivity index (χ4n) is 1.10. The minimum Gasteiger partial charge on any atom is -0.398 e. The van der Waals surface area contributed by atoms with Crippen LogP contribution in [-0.4, -0.2) is 26.2 Å². The van der Waals surface area contributed by atoms with Gasteiger partial charge < -0.3 is 10.8 Å². The molecular formula is C10H16N2O3S. The predicted octanol–water partition coefficient (Wildman–Crippen LogP) is 0.236. The number of hydrogen-bond acceptors (Lipinski definition) is 4. The number of aryl methyl sites for hydroxylation is 1. The van der Waals surface area contributed by atoms with Crippen molar-refractivity contribution in [2.24, 2.45) is 0 Å². The molecule has 0 saturated carbocycles. The van der Waals surface area contributed by atoms with Crippen LogP contribution in [0.5, 0.6) is 0 Å². The lowest BCUT2D eigenvalue weighted by atomic mass is 10.2. The molecule has 16 heavy (non-hydrogen) atoms. The molecule has 1 atom stereocenters. The first-order valence-electron chi connectivity index (χ1n) is 4.87. The fraction of sp³-hybridized carbons (Fsp3) is 0.400. The molecule has 1 aromatic rings. The zero-order valence-corrected chi connectivity index (χ0v) is 10.1. The zero-order chi connectivity index (χ0) is 12.3. The number of aliphatic hydroxyl groups excluding tert-OH is 1. The van der Waals surface area contributed by atoms with Crippen molar-refractivity contribution in [3.63, 3.8) is 0 Å². The van der Waals surface area contributed by atoms with Crippen LogP contribution in [0, 0.1) is 6.92 Å². The van der Waals surface area contributed by atoms with Crippen LogP contribution in [-0.2, 0) is 10.0 Å². The summed E-state index contributed by atoms with van der Waals surface area (Å²) >= 11 is 0. The van der Waals surface area contributed by atoms with Crippen molar-refractivity contribution in [1.82, 2.24) is 4.72 Å². The standard InChI is InChI=1S/C10H16N2O3S/c1-7-3-4-9(5-10(7)11)16(14,15)12-6-8(2)13/h3-5,8,12-13H,6,11H2,1-2H3/t8-/m0/s1. The Labute approximate surface area is 95.3 Å². The van der Waals surface area contributed by atoms with E-state index in [1.165, 1.54) is 19.1 Å². The highest BCUT2D eigenvalue weighted by molar-refractivity contribution is 7.89. The molecule has 0 heterocycles. The third-order valence-corrected chi connectivity index (χ3v) is 3.55. The molecule has 0 aromatic heterocycles. The summed E-state index contributed by atoms with van der Waals surface area (Å²) in [5.41, 5.74) is 6.89. The summed E-state index contributed by atoms with van der Waals surface area (Å²) in [5, 5.41) is 9.01. The molecule has 0 bridgehead atoms. The Kier molecular flexibility index (Phi) is 3.90. The van der Waals surface area contributed by atoms with Crippen LogP contribution in [0.15, 0.2) is 23.1 Å². The number of aliphatic hydroxyl groups is 1. The first-order valence-corrected chi connectivity index (χ1v) is 6.35. The molecule has 1 aromatic carbocycles. The maximum atomic E-state index is 11.7. The van der Waals surface area contributed by atoms with Gasteiger partial charge in [-0.15, -0.1) is 0 Å². The van der Waals surface area contributed by atoms with Crippen molar-refractivity contribution in [2.45, 2.75) is 24.8 Å². The minimum atomic E-state index is -3.58. The van der Waals surface area contributed by atoms with Gasteiger partial charge in [0.15, 0.2) is 0 Å². The van der Waals surface area contributed by atoms with Crippen LogP contribution in [0.4, 0.5) is 5.69 Å². The minimum absolute atomic E-state index is 0.0177. The Balaban J connectivity index is 2.94. The lowest BCUT2D eigenvalue weighted by Crippen LogP contribution is -2.30. The Bertz CT molecular complexity index is 469. The second-order valence-electron chi connectivity index (χ2n) is 3.72. The summed E-state index contributed by atoms with van der Waals surface area (Å²) < 4.78 is 25.7. The number of nitrogen functional groups attached to an aromatic ring is 1.